The van der Waals surface area contributed by atoms with Gasteiger partial charge in [-0.05, 0) is 48.4 Å². The highest BCUT2D eigenvalue weighted by Gasteiger charge is 2.17. The molecule has 4 aromatic rings. The van der Waals surface area contributed by atoms with Gasteiger partial charge in [0.25, 0.3) is 15.9 Å². The molecule has 0 spiro atoms. The van der Waals surface area contributed by atoms with Gasteiger partial charge >= 0.3 is 0 Å². The molecular formula is C23H21N5O5S. The Hall–Kier alpha value is -4.22. The molecule has 0 fully saturated rings. The summed E-state index contributed by atoms with van der Waals surface area (Å²) in [6, 6.07) is 14.9. The molecule has 3 N–H and O–H groups in total. The fourth-order valence-electron chi connectivity index (χ4n) is 3.20. The van der Waals surface area contributed by atoms with Crippen molar-refractivity contribution in [2.45, 2.75) is 11.8 Å². The number of nitrogens with one attached hydrogen (secondary N) is 2. The second-order valence-corrected chi connectivity index (χ2v) is 9.00. The van der Waals surface area contributed by atoms with Crippen molar-refractivity contribution in [1.82, 2.24) is 20.1 Å². The summed E-state index contributed by atoms with van der Waals surface area (Å²) in [7, 11) is -2.39. The van der Waals surface area contributed by atoms with Gasteiger partial charge in [-0.15, -0.1) is 5.10 Å². The van der Waals surface area contributed by atoms with E-state index in [2.05, 4.69) is 14.8 Å². The first-order valence-corrected chi connectivity index (χ1v) is 11.5. The van der Waals surface area contributed by atoms with Gasteiger partial charge in [-0.1, -0.05) is 24.3 Å². The number of aromatic nitrogens is 3. The maximum atomic E-state index is 13.1. The molecule has 0 unspecified atom stereocenters. The van der Waals surface area contributed by atoms with Crippen LogP contribution in [-0.2, 0) is 14.8 Å². The minimum absolute atomic E-state index is 0.0212. The number of nitrogens with zero attached hydrogens (tertiary/aromatic N) is 3. The Labute approximate surface area is 195 Å². The SMILES string of the molecule is COc1ccc2nc(-c3ccc(C)c(NS(=O)(=O)c4cccc(/C=C/C(=O)NO)c4)c3)cn2n1. The van der Waals surface area contributed by atoms with Crippen LogP contribution in [0.4, 0.5) is 5.69 Å². The molecule has 2 aromatic carbocycles. The lowest BCUT2D eigenvalue weighted by molar-refractivity contribution is -0.124. The number of amides is 1. The number of aryl methyl sites for hydroxylation is 1. The Bertz CT molecular complexity index is 1510. The monoisotopic (exact) mass is 479 g/mol. The Morgan fingerprint density at radius 2 is 1.97 bits per heavy atom. The zero-order valence-corrected chi connectivity index (χ0v) is 19.1. The Morgan fingerprint density at radius 1 is 1.15 bits per heavy atom. The standard InChI is InChI=1S/C23H21N5O5S/c1-15-6-8-17(20-14-28-21(24-20)9-11-23(25-28)33-2)13-19(15)27-34(31,32)18-5-3-4-16(12-18)7-10-22(29)26-30/h3-14,27,30H,1-2H3,(H,26,29)/b10-7+. The summed E-state index contributed by atoms with van der Waals surface area (Å²) in [6.45, 7) is 1.80. The molecule has 0 aliphatic carbocycles. The van der Waals surface area contributed by atoms with Crippen LogP contribution in [0, 0.1) is 6.92 Å². The zero-order chi connectivity index (χ0) is 24.3. The normalized spacial score (nSPS) is 11.6. The van der Waals surface area contributed by atoms with Crippen LogP contribution in [0.3, 0.4) is 0 Å². The number of carbonyl (C=O) groups is 1. The van der Waals surface area contributed by atoms with Gasteiger partial charge in [-0.2, -0.15) is 0 Å². The number of ether oxygens (including phenoxy) is 1. The largest absolute Gasteiger partial charge is 0.480 e. The van der Waals surface area contributed by atoms with E-state index in [1.807, 2.05) is 6.07 Å². The van der Waals surface area contributed by atoms with E-state index in [0.29, 0.717) is 34.0 Å². The number of rotatable bonds is 7. The first-order chi connectivity index (χ1) is 16.3. The first kappa shape index (κ1) is 23.0. The average molecular weight is 480 g/mol. The quantitative estimate of drug-likeness (QED) is 0.211. The third-order valence-electron chi connectivity index (χ3n) is 4.99. The topological polar surface area (TPSA) is 135 Å². The minimum Gasteiger partial charge on any atom is -0.480 e. The number of methoxy groups -OCH3 is 1. The zero-order valence-electron chi connectivity index (χ0n) is 18.3. The van der Waals surface area contributed by atoms with E-state index in [4.69, 9.17) is 9.94 Å². The van der Waals surface area contributed by atoms with Crippen LogP contribution in [0.25, 0.3) is 23.0 Å². The van der Waals surface area contributed by atoms with Gasteiger partial charge in [-0.25, -0.2) is 23.4 Å². The molecule has 0 saturated carbocycles. The van der Waals surface area contributed by atoms with Gasteiger partial charge in [-0.3, -0.25) is 14.7 Å². The first-order valence-electron chi connectivity index (χ1n) is 10.1. The van der Waals surface area contributed by atoms with E-state index in [0.717, 1.165) is 11.6 Å². The summed E-state index contributed by atoms with van der Waals surface area (Å²) >= 11 is 0. The number of benzene rings is 2. The van der Waals surface area contributed by atoms with Crippen LogP contribution in [0.5, 0.6) is 5.88 Å². The van der Waals surface area contributed by atoms with E-state index in [1.165, 1.54) is 30.8 Å². The second kappa shape index (κ2) is 9.33. The van der Waals surface area contributed by atoms with Crippen molar-refractivity contribution in [3.05, 3.63) is 78.0 Å². The maximum absolute atomic E-state index is 13.1. The van der Waals surface area contributed by atoms with Crippen molar-refractivity contribution in [3.63, 3.8) is 0 Å². The van der Waals surface area contributed by atoms with Gasteiger partial charge in [0.1, 0.15) is 0 Å². The molecule has 0 atom stereocenters. The van der Waals surface area contributed by atoms with Crippen LogP contribution in [-0.4, -0.2) is 41.2 Å². The van der Waals surface area contributed by atoms with E-state index < -0.39 is 15.9 Å². The van der Waals surface area contributed by atoms with Gasteiger partial charge in [0.15, 0.2) is 5.65 Å². The average Bonchev–Trinajstić information content (AvgIpc) is 3.27. The summed E-state index contributed by atoms with van der Waals surface area (Å²) in [6.07, 6.45) is 4.22. The van der Waals surface area contributed by atoms with Gasteiger partial charge < -0.3 is 4.74 Å². The Morgan fingerprint density at radius 3 is 2.74 bits per heavy atom. The molecule has 2 aromatic heterocycles. The highest BCUT2D eigenvalue weighted by Crippen LogP contribution is 2.27. The lowest BCUT2D eigenvalue weighted by Gasteiger charge is -2.12. The molecule has 10 nitrogen and oxygen atoms in total. The molecule has 0 aliphatic rings. The third-order valence-corrected chi connectivity index (χ3v) is 6.35. The number of sulfonamides is 1. The van der Waals surface area contributed by atoms with Gasteiger partial charge in [0.2, 0.25) is 5.88 Å². The van der Waals surface area contributed by atoms with Crippen molar-refractivity contribution in [3.8, 4) is 17.1 Å². The summed E-state index contributed by atoms with van der Waals surface area (Å²) < 4.78 is 35.5. The molecule has 0 saturated heterocycles. The van der Waals surface area contributed by atoms with Crippen molar-refractivity contribution < 1.29 is 23.2 Å². The van der Waals surface area contributed by atoms with Gasteiger partial charge in [0, 0.05) is 17.7 Å². The lowest BCUT2D eigenvalue weighted by atomic mass is 10.1. The highest BCUT2D eigenvalue weighted by atomic mass is 32.2. The van der Waals surface area contributed by atoms with E-state index in [9.17, 15) is 13.2 Å². The van der Waals surface area contributed by atoms with Gasteiger partial charge in [0.05, 0.1) is 29.6 Å². The van der Waals surface area contributed by atoms with Crippen molar-refractivity contribution in [1.29, 1.82) is 0 Å². The number of anilines is 1. The number of carbonyl (C=O) groups excluding carboxylic acids is 1. The molecule has 34 heavy (non-hydrogen) atoms. The third kappa shape index (κ3) is 4.90. The predicted octanol–water partition coefficient (Wildman–Crippen LogP) is 3.03. The predicted molar refractivity (Wildman–Crippen MR) is 126 cm³/mol. The molecule has 11 heteroatoms. The Balaban J connectivity index is 1.64. The summed E-state index contributed by atoms with van der Waals surface area (Å²) in [5.41, 5.74) is 5.04. The molecule has 2 heterocycles. The number of fused-ring (bicyclic) bond motifs is 1. The number of hydrogen-bond acceptors (Lipinski definition) is 7. The van der Waals surface area contributed by atoms with Crippen molar-refractivity contribution >= 4 is 33.3 Å². The van der Waals surface area contributed by atoms with Crippen LogP contribution < -0.4 is 14.9 Å². The molecule has 0 bridgehead atoms. The highest BCUT2D eigenvalue weighted by molar-refractivity contribution is 7.92. The number of imidazole rings is 1. The van der Waals surface area contributed by atoms with Crippen LogP contribution >= 0.6 is 0 Å². The molecule has 174 valence electrons. The molecule has 0 aliphatic heterocycles. The van der Waals surface area contributed by atoms with E-state index in [-0.39, 0.29) is 4.90 Å². The molecular weight excluding hydrogens is 458 g/mol. The summed E-state index contributed by atoms with van der Waals surface area (Å²) in [5, 5.41) is 12.9. The number of hydroxylamine groups is 1. The maximum Gasteiger partial charge on any atom is 0.267 e. The molecule has 4 rings (SSSR count). The van der Waals surface area contributed by atoms with Crippen LogP contribution in [0.15, 0.2) is 71.8 Å². The molecule has 1 amide bonds. The number of hydrogen-bond donors (Lipinski definition) is 3. The smallest absolute Gasteiger partial charge is 0.267 e. The van der Waals surface area contributed by atoms with E-state index in [1.54, 1.807) is 54.0 Å². The van der Waals surface area contributed by atoms with E-state index >= 15 is 0 Å². The second-order valence-electron chi connectivity index (χ2n) is 7.32. The van der Waals surface area contributed by atoms with Crippen molar-refractivity contribution in [2.24, 2.45) is 0 Å². The van der Waals surface area contributed by atoms with Crippen LogP contribution in [0.1, 0.15) is 11.1 Å². The fourth-order valence-corrected chi connectivity index (χ4v) is 4.38. The van der Waals surface area contributed by atoms with Crippen LogP contribution in [0.2, 0.25) is 0 Å². The lowest BCUT2D eigenvalue weighted by Crippen LogP contribution is -2.15. The summed E-state index contributed by atoms with van der Waals surface area (Å²) in [5.74, 6) is -0.276. The Kier molecular flexibility index (Phi) is 6.30. The fraction of sp³-hybridized carbons (Fsp3) is 0.0870. The summed E-state index contributed by atoms with van der Waals surface area (Å²) in [4.78, 5) is 15.8. The minimum atomic E-state index is -3.92. The van der Waals surface area contributed by atoms with Crippen molar-refractivity contribution in [2.75, 3.05) is 11.8 Å². The molecule has 0 radical (unpaired) electrons.